The maximum Gasteiger partial charge on any atom is 0.352 e. The molecule has 4 aromatic rings. The van der Waals surface area contributed by atoms with Gasteiger partial charge in [0.25, 0.3) is 0 Å². The van der Waals surface area contributed by atoms with E-state index in [-0.39, 0.29) is 6.04 Å². The molecule has 4 rings (SSSR count). The number of aromatic nitrogens is 1. The number of fused-ring (bicyclic) bond motifs is 1. The third kappa shape index (κ3) is 4.11. The van der Waals surface area contributed by atoms with Gasteiger partial charge in [-0.2, -0.15) is 0 Å². The number of rotatable bonds is 7. The summed E-state index contributed by atoms with van der Waals surface area (Å²) in [6.45, 7) is 3.02. The van der Waals surface area contributed by atoms with Crippen molar-refractivity contribution in [1.82, 2.24) is 9.88 Å². The summed E-state index contributed by atoms with van der Waals surface area (Å²) in [5.41, 5.74) is 4.20. The van der Waals surface area contributed by atoms with Gasteiger partial charge in [0, 0.05) is 40.6 Å². The van der Waals surface area contributed by atoms with E-state index in [0.29, 0.717) is 23.8 Å². The molecule has 0 spiro atoms. The van der Waals surface area contributed by atoms with Gasteiger partial charge in [-0.25, -0.2) is 4.79 Å². The third-order valence-corrected chi connectivity index (χ3v) is 5.67. The number of nitrogens with one attached hydrogen (secondary N) is 1. The molecule has 152 valence electrons. The lowest BCUT2D eigenvalue weighted by Crippen LogP contribution is -2.20. The van der Waals surface area contributed by atoms with Crippen LogP contribution in [0.1, 0.15) is 40.1 Å². The molecule has 0 radical (unpaired) electrons. The van der Waals surface area contributed by atoms with E-state index >= 15 is 0 Å². The molecule has 30 heavy (non-hydrogen) atoms. The average molecular weight is 419 g/mol. The van der Waals surface area contributed by atoms with Crippen molar-refractivity contribution in [1.29, 1.82) is 0 Å². The Hall–Kier alpha value is -3.08. The topological polar surface area (TPSA) is 54.3 Å². The van der Waals surface area contributed by atoms with E-state index in [1.807, 2.05) is 71.3 Å². The van der Waals surface area contributed by atoms with Crippen LogP contribution in [0.3, 0.4) is 0 Å². The van der Waals surface area contributed by atoms with Gasteiger partial charge < -0.3 is 15.0 Å². The Labute approximate surface area is 180 Å². The quantitative estimate of drug-likeness (QED) is 0.393. The molecule has 1 aromatic heterocycles. The van der Waals surface area contributed by atoms with Gasteiger partial charge in [0.15, 0.2) is 0 Å². The number of carbonyl (C=O) groups is 1. The fraction of sp³-hybridized carbons (Fsp3) is 0.160. The lowest BCUT2D eigenvalue weighted by molar-refractivity contribution is 0.0684. The van der Waals surface area contributed by atoms with Gasteiger partial charge in [0.05, 0.1) is 0 Å². The first-order chi connectivity index (χ1) is 14.5. The molecular formula is C25H23ClN2O2. The highest BCUT2D eigenvalue weighted by Gasteiger charge is 2.22. The molecule has 3 aromatic carbocycles. The lowest BCUT2D eigenvalue weighted by atomic mass is 10.1. The van der Waals surface area contributed by atoms with Gasteiger partial charge in [0.1, 0.15) is 5.69 Å². The van der Waals surface area contributed by atoms with Crippen molar-refractivity contribution in [2.75, 3.05) is 0 Å². The Morgan fingerprint density at radius 2 is 1.67 bits per heavy atom. The molecular weight excluding hydrogens is 396 g/mol. The van der Waals surface area contributed by atoms with Crippen LogP contribution in [0.15, 0.2) is 78.9 Å². The predicted octanol–water partition coefficient (Wildman–Crippen LogP) is 5.89. The van der Waals surface area contributed by atoms with E-state index in [1.165, 1.54) is 5.56 Å². The van der Waals surface area contributed by atoms with Crippen LogP contribution in [0.5, 0.6) is 0 Å². The molecule has 0 bridgehead atoms. The second-order valence-electron chi connectivity index (χ2n) is 7.38. The van der Waals surface area contributed by atoms with Crippen molar-refractivity contribution in [2.45, 2.75) is 26.1 Å². The first kappa shape index (κ1) is 20.2. The molecule has 1 heterocycles. The highest BCUT2D eigenvalue weighted by Crippen LogP contribution is 2.28. The standard InChI is InChI=1S/C25H23ClN2O2/c1-17(19-7-3-2-4-8-19)27-15-22-21-9-5-6-10-23(21)28(24(22)25(29)30)16-18-11-13-20(26)14-12-18/h2-14,17,27H,15-16H2,1H3,(H,29,30)/t17-/m1/s1. The minimum absolute atomic E-state index is 0.103. The number of halogens is 1. The third-order valence-electron chi connectivity index (χ3n) is 5.42. The van der Waals surface area contributed by atoms with Crippen LogP contribution in [-0.4, -0.2) is 15.6 Å². The monoisotopic (exact) mass is 418 g/mol. The van der Waals surface area contributed by atoms with Crippen LogP contribution in [0.2, 0.25) is 5.02 Å². The van der Waals surface area contributed by atoms with Crippen LogP contribution in [0.4, 0.5) is 0 Å². The molecule has 4 nitrogen and oxygen atoms in total. The molecule has 2 N–H and O–H groups in total. The maximum absolute atomic E-state index is 12.3. The van der Waals surface area contributed by atoms with Crippen LogP contribution < -0.4 is 5.32 Å². The zero-order valence-corrected chi connectivity index (χ0v) is 17.4. The Morgan fingerprint density at radius 3 is 2.37 bits per heavy atom. The lowest BCUT2D eigenvalue weighted by Gasteiger charge is -2.15. The zero-order chi connectivity index (χ0) is 21.1. The zero-order valence-electron chi connectivity index (χ0n) is 16.7. The number of hydrogen-bond acceptors (Lipinski definition) is 2. The first-order valence-electron chi connectivity index (χ1n) is 9.90. The molecule has 1 atom stereocenters. The maximum atomic E-state index is 12.3. The second-order valence-corrected chi connectivity index (χ2v) is 7.81. The van der Waals surface area contributed by atoms with Crippen molar-refractivity contribution in [3.8, 4) is 0 Å². The number of carboxylic acids is 1. The minimum Gasteiger partial charge on any atom is -0.477 e. The fourth-order valence-corrected chi connectivity index (χ4v) is 3.98. The van der Waals surface area contributed by atoms with Crippen molar-refractivity contribution < 1.29 is 9.90 Å². The van der Waals surface area contributed by atoms with Crippen LogP contribution >= 0.6 is 11.6 Å². The summed E-state index contributed by atoms with van der Waals surface area (Å²) in [6.07, 6.45) is 0. The molecule has 0 aliphatic carbocycles. The summed E-state index contributed by atoms with van der Waals surface area (Å²) >= 11 is 6.01. The predicted molar refractivity (Wildman–Crippen MR) is 121 cm³/mol. The summed E-state index contributed by atoms with van der Waals surface area (Å²) in [5, 5.41) is 15.2. The van der Waals surface area contributed by atoms with Crippen molar-refractivity contribution in [3.05, 3.63) is 106 Å². The van der Waals surface area contributed by atoms with E-state index in [0.717, 1.165) is 22.0 Å². The molecule has 0 saturated heterocycles. The highest BCUT2D eigenvalue weighted by molar-refractivity contribution is 6.30. The number of nitrogens with zero attached hydrogens (tertiary/aromatic N) is 1. The smallest absolute Gasteiger partial charge is 0.352 e. The summed E-state index contributed by atoms with van der Waals surface area (Å²) in [7, 11) is 0. The average Bonchev–Trinajstić information content (AvgIpc) is 3.08. The van der Waals surface area contributed by atoms with E-state index < -0.39 is 5.97 Å². The SMILES string of the molecule is C[C@@H](NCc1c(C(=O)O)n(Cc2ccc(Cl)cc2)c2ccccc12)c1ccccc1. The number of benzene rings is 3. The van der Waals surface area contributed by atoms with Gasteiger partial charge in [-0.15, -0.1) is 0 Å². The number of hydrogen-bond donors (Lipinski definition) is 2. The Morgan fingerprint density at radius 1 is 1.00 bits per heavy atom. The number of para-hydroxylation sites is 1. The fourth-order valence-electron chi connectivity index (χ4n) is 3.85. The van der Waals surface area contributed by atoms with Gasteiger partial charge in [0.2, 0.25) is 0 Å². The molecule has 0 aliphatic heterocycles. The van der Waals surface area contributed by atoms with E-state index in [4.69, 9.17) is 11.6 Å². The van der Waals surface area contributed by atoms with Gasteiger partial charge in [-0.3, -0.25) is 0 Å². The Bertz CT molecular complexity index is 1170. The summed E-state index contributed by atoms with van der Waals surface area (Å²) < 4.78 is 1.88. The van der Waals surface area contributed by atoms with Crippen molar-refractivity contribution in [3.63, 3.8) is 0 Å². The van der Waals surface area contributed by atoms with E-state index in [9.17, 15) is 9.90 Å². The van der Waals surface area contributed by atoms with Crippen LogP contribution in [0.25, 0.3) is 10.9 Å². The number of carboxylic acid groups (broad SMARTS) is 1. The molecule has 5 heteroatoms. The first-order valence-corrected chi connectivity index (χ1v) is 10.3. The van der Waals surface area contributed by atoms with E-state index in [2.05, 4.69) is 24.4 Å². The van der Waals surface area contributed by atoms with Gasteiger partial charge in [-0.1, -0.05) is 72.3 Å². The molecule has 0 aliphatic rings. The Balaban J connectivity index is 1.72. The number of aromatic carboxylic acids is 1. The molecule has 0 fully saturated rings. The summed E-state index contributed by atoms with van der Waals surface area (Å²) in [5.74, 6) is -0.927. The summed E-state index contributed by atoms with van der Waals surface area (Å²) in [6, 6.07) is 25.6. The molecule has 0 unspecified atom stereocenters. The van der Waals surface area contributed by atoms with Crippen LogP contribution in [0, 0.1) is 0 Å². The Kier molecular flexibility index (Phi) is 5.88. The van der Waals surface area contributed by atoms with Gasteiger partial charge in [-0.05, 0) is 36.2 Å². The van der Waals surface area contributed by atoms with Crippen LogP contribution in [-0.2, 0) is 13.1 Å². The summed E-state index contributed by atoms with van der Waals surface area (Å²) in [4.78, 5) is 12.3. The largest absolute Gasteiger partial charge is 0.477 e. The molecule has 0 saturated carbocycles. The molecule has 0 amide bonds. The van der Waals surface area contributed by atoms with Crippen molar-refractivity contribution >= 4 is 28.5 Å². The highest BCUT2D eigenvalue weighted by atomic mass is 35.5. The van der Waals surface area contributed by atoms with E-state index in [1.54, 1.807) is 0 Å². The van der Waals surface area contributed by atoms with Crippen molar-refractivity contribution in [2.24, 2.45) is 0 Å². The normalized spacial score (nSPS) is 12.2. The van der Waals surface area contributed by atoms with Gasteiger partial charge >= 0.3 is 5.97 Å². The minimum atomic E-state index is -0.927. The second kappa shape index (κ2) is 8.74.